The van der Waals surface area contributed by atoms with Crippen LogP contribution < -0.4 is 11.3 Å². The molecule has 2 aromatic heterocycles. The van der Waals surface area contributed by atoms with Gasteiger partial charge in [-0.2, -0.15) is 13.6 Å². The topological polar surface area (TPSA) is 279 Å². The minimum absolute atomic E-state index is 0.0448. The van der Waals surface area contributed by atoms with Crippen molar-refractivity contribution in [3.63, 3.8) is 0 Å². The van der Waals surface area contributed by atoms with Gasteiger partial charge in [-0.15, -0.1) is 0 Å². The second-order valence-corrected chi connectivity index (χ2v) is 10.6. The maximum absolute atomic E-state index is 11.9. The Balaban J connectivity index is 1.73. The van der Waals surface area contributed by atoms with Crippen molar-refractivity contribution >= 4 is 40.6 Å². The maximum Gasteiger partial charge on any atom is 0.490 e. The molecule has 2 unspecified atom stereocenters. The number of rotatable bonds is 8. The Morgan fingerprint density at radius 2 is 1.88 bits per heavy atom. The van der Waals surface area contributed by atoms with Gasteiger partial charge in [-0.05, 0) is 5.57 Å². The number of imidazole rings is 1. The first-order chi connectivity index (χ1) is 14.6. The molecule has 0 aromatic carbocycles. The van der Waals surface area contributed by atoms with Gasteiger partial charge in [0.2, 0.25) is 5.95 Å². The Bertz CT molecular complexity index is 1250. The van der Waals surface area contributed by atoms with Crippen LogP contribution in [0.15, 0.2) is 23.3 Å². The number of aromatic amines is 1. The molecule has 0 amide bonds. The Hall–Kier alpha value is -1.78. The summed E-state index contributed by atoms with van der Waals surface area (Å²) in [6, 6.07) is 0. The number of nitrogens with two attached hydrogens (primary N) is 1. The SMILES string of the molecule is C=C1[C@@H](O)[C@H](n2cnc3c(=O)[nH]c(N)nc32)O[C@@H]1COP(=O)(O)OP(=O)(O)OP(=O)(O)O. The van der Waals surface area contributed by atoms with E-state index in [4.69, 9.17) is 25.2 Å². The monoisotopic (exact) mass is 519 g/mol. The fourth-order valence-corrected chi connectivity index (χ4v) is 5.68. The molecule has 1 fully saturated rings. The molecule has 0 spiro atoms. The van der Waals surface area contributed by atoms with E-state index in [1.165, 1.54) is 0 Å². The highest BCUT2D eigenvalue weighted by Gasteiger charge is 2.44. The number of aliphatic hydroxyl groups excluding tert-OH is 1. The number of hydrogen-bond donors (Lipinski definition) is 7. The molecule has 0 radical (unpaired) electrons. The Morgan fingerprint density at radius 3 is 2.50 bits per heavy atom. The van der Waals surface area contributed by atoms with Crippen molar-refractivity contribution in [1.29, 1.82) is 0 Å². The zero-order valence-electron chi connectivity index (χ0n) is 15.5. The Labute approximate surface area is 176 Å². The van der Waals surface area contributed by atoms with E-state index in [1.807, 2.05) is 0 Å². The highest BCUT2D eigenvalue weighted by molar-refractivity contribution is 7.66. The van der Waals surface area contributed by atoms with Crippen LogP contribution in [0.4, 0.5) is 5.95 Å². The normalized spacial score (nSPS) is 25.7. The Kier molecular flexibility index (Phi) is 6.63. The van der Waals surface area contributed by atoms with E-state index < -0.39 is 54.1 Å². The molecule has 0 saturated carbocycles. The van der Waals surface area contributed by atoms with Gasteiger partial charge in [0.25, 0.3) is 5.56 Å². The van der Waals surface area contributed by atoms with Crippen molar-refractivity contribution in [3.8, 4) is 0 Å². The lowest BCUT2D eigenvalue weighted by Crippen LogP contribution is -2.21. The lowest BCUT2D eigenvalue weighted by atomic mass is 10.1. The molecule has 18 nitrogen and oxygen atoms in total. The predicted molar refractivity (Wildman–Crippen MR) is 101 cm³/mol. The summed E-state index contributed by atoms with van der Waals surface area (Å²) < 4.78 is 52.2. The molecule has 1 aliphatic rings. The number of nitrogen functional groups attached to an aromatic ring is 1. The number of nitrogens with one attached hydrogen (secondary N) is 1. The molecule has 0 bridgehead atoms. The van der Waals surface area contributed by atoms with Crippen LogP contribution in [-0.4, -0.2) is 63.0 Å². The molecule has 0 aliphatic carbocycles. The summed E-state index contributed by atoms with van der Waals surface area (Å²) in [7, 11) is -16.6. The largest absolute Gasteiger partial charge is 0.490 e. The highest BCUT2D eigenvalue weighted by atomic mass is 31.3. The van der Waals surface area contributed by atoms with Crippen molar-refractivity contribution < 1.29 is 56.3 Å². The lowest BCUT2D eigenvalue weighted by molar-refractivity contribution is -0.0478. The summed E-state index contributed by atoms with van der Waals surface area (Å²) in [5.74, 6) is -0.236. The molecule has 8 N–H and O–H groups in total. The summed E-state index contributed by atoms with van der Waals surface area (Å²) >= 11 is 0. The molecule has 1 saturated heterocycles. The van der Waals surface area contributed by atoms with Gasteiger partial charge in [0.05, 0.1) is 12.9 Å². The third kappa shape index (κ3) is 5.58. The molecule has 5 atom stereocenters. The van der Waals surface area contributed by atoms with Gasteiger partial charge in [-0.3, -0.25) is 18.9 Å². The second-order valence-electron chi connectivity index (χ2n) is 6.20. The van der Waals surface area contributed by atoms with E-state index >= 15 is 0 Å². The summed E-state index contributed by atoms with van der Waals surface area (Å²) in [4.78, 5) is 57.6. The number of aromatic nitrogens is 4. The molecule has 3 heterocycles. The third-order valence-corrected chi connectivity index (χ3v) is 7.70. The third-order valence-electron chi connectivity index (χ3n) is 3.90. The summed E-state index contributed by atoms with van der Waals surface area (Å²) in [5.41, 5.74) is 4.63. The summed E-state index contributed by atoms with van der Waals surface area (Å²) in [6.45, 7) is 2.71. The molecule has 32 heavy (non-hydrogen) atoms. The number of phosphoric acid groups is 3. The van der Waals surface area contributed by atoms with Crippen LogP contribution in [0.5, 0.6) is 0 Å². The van der Waals surface area contributed by atoms with Crippen LogP contribution in [0.1, 0.15) is 6.23 Å². The zero-order valence-corrected chi connectivity index (χ0v) is 18.2. The molecule has 1 aliphatic heterocycles. The van der Waals surface area contributed by atoms with Crippen LogP contribution in [0.25, 0.3) is 11.2 Å². The molecule has 3 rings (SSSR count). The van der Waals surface area contributed by atoms with Gasteiger partial charge in [-0.25, -0.2) is 18.7 Å². The van der Waals surface area contributed by atoms with E-state index in [0.717, 1.165) is 10.9 Å². The number of anilines is 1. The first-order valence-electron chi connectivity index (χ1n) is 8.11. The van der Waals surface area contributed by atoms with Crippen LogP contribution in [-0.2, 0) is 31.6 Å². The minimum atomic E-state index is -5.69. The lowest BCUT2D eigenvalue weighted by Gasteiger charge is -2.18. The van der Waals surface area contributed by atoms with Crippen molar-refractivity contribution in [1.82, 2.24) is 19.5 Å². The quantitative estimate of drug-likeness (QED) is 0.160. The van der Waals surface area contributed by atoms with Gasteiger partial charge in [-0.1, -0.05) is 6.58 Å². The van der Waals surface area contributed by atoms with Crippen molar-refractivity contribution in [2.75, 3.05) is 12.3 Å². The van der Waals surface area contributed by atoms with Crippen LogP contribution in [0.3, 0.4) is 0 Å². The fourth-order valence-electron chi connectivity index (χ4n) is 2.66. The summed E-state index contributed by atoms with van der Waals surface area (Å²) in [5, 5.41) is 10.4. The van der Waals surface area contributed by atoms with Crippen LogP contribution in [0, 0.1) is 0 Å². The van der Waals surface area contributed by atoms with Crippen LogP contribution >= 0.6 is 23.5 Å². The van der Waals surface area contributed by atoms with Crippen LogP contribution in [0.2, 0.25) is 0 Å². The average Bonchev–Trinajstić information content (AvgIpc) is 3.12. The number of nitrogens with zero attached hydrogens (tertiary/aromatic N) is 3. The molecular weight excluding hydrogens is 503 g/mol. The van der Waals surface area contributed by atoms with Gasteiger partial charge in [0.1, 0.15) is 12.2 Å². The van der Waals surface area contributed by atoms with Crippen molar-refractivity contribution in [2.45, 2.75) is 18.4 Å². The Morgan fingerprint density at radius 1 is 1.22 bits per heavy atom. The number of H-pyrrole nitrogens is 1. The first-order valence-corrected chi connectivity index (χ1v) is 12.6. The zero-order chi connectivity index (χ0) is 24.1. The number of fused-ring (bicyclic) bond motifs is 1. The summed E-state index contributed by atoms with van der Waals surface area (Å²) in [6.07, 6.45) is -2.87. The standard InChI is InChI=1S/C11H16N5O13P3/c1-4-5(2-26-31(22,23)29-32(24,25)28-30(19,20)21)27-10(7(4)17)16-3-13-6-8(16)14-11(12)15-9(6)18/h3,5,7,10,17H,1-2H2,(H,22,23)(H,24,25)(H2,19,20,21)(H3,12,14,15,18)/t5-,7-,10-/m1/s1. The number of ether oxygens (including phenoxy) is 1. The van der Waals surface area contributed by atoms with Gasteiger partial charge >= 0.3 is 23.5 Å². The maximum atomic E-state index is 11.9. The second kappa shape index (κ2) is 8.53. The highest BCUT2D eigenvalue weighted by Crippen LogP contribution is 2.66. The number of phosphoric ester groups is 1. The molecule has 2 aromatic rings. The van der Waals surface area contributed by atoms with Crippen molar-refractivity contribution in [2.24, 2.45) is 0 Å². The first kappa shape index (κ1) is 24.9. The molecular formula is C11H16N5O13P3. The molecule has 21 heteroatoms. The van der Waals surface area contributed by atoms with E-state index in [0.29, 0.717) is 0 Å². The minimum Gasteiger partial charge on any atom is -0.384 e. The smallest absolute Gasteiger partial charge is 0.384 e. The van der Waals surface area contributed by atoms with E-state index in [1.54, 1.807) is 0 Å². The molecule has 178 valence electrons. The average molecular weight is 519 g/mol. The predicted octanol–water partition coefficient (Wildman–Crippen LogP) is -1.14. The van der Waals surface area contributed by atoms with E-state index in [9.17, 15) is 28.5 Å². The van der Waals surface area contributed by atoms with Gasteiger partial charge in [0.15, 0.2) is 17.4 Å². The van der Waals surface area contributed by atoms with Gasteiger partial charge < -0.3 is 35.2 Å². The van der Waals surface area contributed by atoms with Gasteiger partial charge in [0, 0.05) is 0 Å². The number of aliphatic hydroxyl groups is 1. The fraction of sp³-hybridized carbons (Fsp3) is 0.364. The van der Waals surface area contributed by atoms with E-state index in [-0.39, 0.29) is 22.7 Å². The number of hydrogen-bond acceptors (Lipinski definition) is 12. The van der Waals surface area contributed by atoms with E-state index in [2.05, 4.69) is 34.7 Å². The van der Waals surface area contributed by atoms with Crippen molar-refractivity contribution in [3.05, 3.63) is 28.8 Å².